The number of hydrogen-bond donors (Lipinski definition) is 0. The monoisotopic (exact) mass is 413 g/mol. The first-order valence-corrected chi connectivity index (χ1v) is 10.6. The standard InChI is InChI=1S/C23H28ClN3O2/c1-25-14-15-29-22(21(25)19-7-3-2-4-8-19)23(28)27-12-10-26(11-13-27)17-18-6-5-9-20(24)16-18/h2-9,16,21-22H,10-15,17H2,1H3/t21-,22+/m0/s1. The number of amides is 1. The van der Waals surface area contributed by atoms with Crippen LogP contribution in [0.2, 0.25) is 5.02 Å². The normalized spacial score (nSPS) is 23.9. The summed E-state index contributed by atoms with van der Waals surface area (Å²) < 4.78 is 6.00. The zero-order chi connectivity index (χ0) is 20.2. The summed E-state index contributed by atoms with van der Waals surface area (Å²) in [5, 5.41) is 0.766. The lowest BCUT2D eigenvalue weighted by Crippen LogP contribution is -2.56. The Morgan fingerprint density at radius 2 is 1.79 bits per heavy atom. The first-order valence-electron chi connectivity index (χ1n) is 10.2. The molecule has 2 aliphatic heterocycles. The van der Waals surface area contributed by atoms with Crippen molar-refractivity contribution < 1.29 is 9.53 Å². The lowest BCUT2D eigenvalue weighted by Gasteiger charge is -2.42. The van der Waals surface area contributed by atoms with E-state index in [2.05, 4.69) is 35.0 Å². The fraction of sp³-hybridized carbons (Fsp3) is 0.435. The third-order valence-corrected chi connectivity index (χ3v) is 6.10. The average Bonchev–Trinajstić information content (AvgIpc) is 2.74. The number of likely N-dealkylation sites (N-methyl/N-ethyl adjacent to an activating group) is 1. The van der Waals surface area contributed by atoms with Crippen LogP contribution in [0, 0.1) is 0 Å². The zero-order valence-corrected chi connectivity index (χ0v) is 17.6. The van der Waals surface area contributed by atoms with Gasteiger partial charge in [0.05, 0.1) is 12.6 Å². The van der Waals surface area contributed by atoms with E-state index in [1.54, 1.807) is 0 Å². The van der Waals surface area contributed by atoms with Gasteiger partial charge in [-0.25, -0.2) is 0 Å². The molecule has 2 fully saturated rings. The molecule has 6 heteroatoms. The van der Waals surface area contributed by atoms with Gasteiger partial charge >= 0.3 is 0 Å². The Morgan fingerprint density at radius 1 is 1.03 bits per heavy atom. The van der Waals surface area contributed by atoms with Crippen molar-refractivity contribution in [1.29, 1.82) is 0 Å². The van der Waals surface area contributed by atoms with Gasteiger partial charge in [0.15, 0.2) is 6.10 Å². The molecule has 0 bridgehead atoms. The summed E-state index contributed by atoms with van der Waals surface area (Å²) in [5.41, 5.74) is 2.34. The number of piperazine rings is 1. The van der Waals surface area contributed by atoms with E-state index in [-0.39, 0.29) is 11.9 Å². The van der Waals surface area contributed by atoms with Crippen molar-refractivity contribution in [3.05, 3.63) is 70.7 Å². The van der Waals surface area contributed by atoms with Crippen LogP contribution in [0.5, 0.6) is 0 Å². The second-order valence-corrected chi connectivity index (χ2v) is 8.30. The van der Waals surface area contributed by atoms with Crippen molar-refractivity contribution in [2.75, 3.05) is 46.4 Å². The first-order chi connectivity index (χ1) is 14.1. The molecule has 2 saturated heterocycles. The van der Waals surface area contributed by atoms with Crippen LogP contribution in [0.4, 0.5) is 0 Å². The van der Waals surface area contributed by atoms with Crippen molar-refractivity contribution in [2.45, 2.75) is 18.7 Å². The molecule has 0 aromatic heterocycles. The number of carbonyl (C=O) groups is 1. The van der Waals surface area contributed by atoms with Crippen molar-refractivity contribution in [2.24, 2.45) is 0 Å². The van der Waals surface area contributed by atoms with E-state index >= 15 is 0 Å². The Labute approximate surface area is 177 Å². The quantitative estimate of drug-likeness (QED) is 0.771. The molecule has 154 valence electrons. The van der Waals surface area contributed by atoms with Crippen LogP contribution in [0.1, 0.15) is 17.2 Å². The van der Waals surface area contributed by atoms with Gasteiger partial charge in [-0.2, -0.15) is 0 Å². The molecule has 2 heterocycles. The van der Waals surface area contributed by atoms with Crippen molar-refractivity contribution in [1.82, 2.24) is 14.7 Å². The molecule has 0 radical (unpaired) electrons. The van der Waals surface area contributed by atoms with Gasteiger partial charge in [-0.05, 0) is 30.3 Å². The summed E-state index contributed by atoms with van der Waals surface area (Å²) in [5.74, 6) is 0.104. The maximum atomic E-state index is 13.3. The molecular formula is C23H28ClN3O2. The third-order valence-electron chi connectivity index (χ3n) is 5.87. The minimum atomic E-state index is -0.448. The maximum absolute atomic E-state index is 13.3. The van der Waals surface area contributed by atoms with E-state index < -0.39 is 6.10 Å². The zero-order valence-electron chi connectivity index (χ0n) is 16.8. The number of morpholine rings is 1. The fourth-order valence-corrected chi connectivity index (χ4v) is 4.48. The number of halogens is 1. The SMILES string of the molecule is CN1CCO[C@@H](C(=O)N2CCN(Cc3cccc(Cl)c3)CC2)[C@@H]1c1ccccc1. The van der Waals surface area contributed by atoms with Gasteiger partial charge in [-0.3, -0.25) is 14.6 Å². The predicted molar refractivity (Wildman–Crippen MR) is 115 cm³/mol. The molecule has 0 spiro atoms. The lowest BCUT2D eigenvalue weighted by atomic mass is 9.97. The van der Waals surface area contributed by atoms with Gasteiger partial charge in [0, 0.05) is 44.3 Å². The number of ether oxygens (including phenoxy) is 1. The number of nitrogens with zero attached hydrogens (tertiary/aromatic N) is 3. The average molecular weight is 414 g/mol. The smallest absolute Gasteiger partial charge is 0.253 e. The van der Waals surface area contributed by atoms with E-state index in [0.29, 0.717) is 6.61 Å². The highest BCUT2D eigenvalue weighted by Crippen LogP contribution is 2.29. The van der Waals surface area contributed by atoms with Crippen LogP contribution in [0.3, 0.4) is 0 Å². The van der Waals surface area contributed by atoms with Crippen molar-refractivity contribution in [3.63, 3.8) is 0 Å². The minimum absolute atomic E-state index is 0.0399. The van der Waals surface area contributed by atoms with E-state index in [1.165, 1.54) is 5.56 Å². The van der Waals surface area contributed by atoms with Gasteiger partial charge < -0.3 is 9.64 Å². The molecule has 2 aliphatic rings. The number of carbonyl (C=O) groups excluding carboxylic acids is 1. The summed E-state index contributed by atoms with van der Waals surface area (Å²) in [4.78, 5) is 19.9. The number of hydrogen-bond acceptors (Lipinski definition) is 4. The van der Waals surface area contributed by atoms with Gasteiger partial charge in [0.25, 0.3) is 5.91 Å². The largest absolute Gasteiger partial charge is 0.365 e. The van der Waals surface area contributed by atoms with E-state index in [4.69, 9.17) is 16.3 Å². The van der Waals surface area contributed by atoms with Crippen LogP contribution in [0.15, 0.2) is 54.6 Å². The topological polar surface area (TPSA) is 36.0 Å². The van der Waals surface area contributed by atoms with Crippen molar-refractivity contribution >= 4 is 17.5 Å². The lowest BCUT2D eigenvalue weighted by molar-refractivity contribution is -0.157. The van der Waals surface area contributed by atoms with Gasteiger partial charge in [-0.15, -0.1) is 0 Å². The Morgan fingerprint density at radius 3 is 2.52 bits per heavy atom. The molecule has 0 N–H and O–H groups in total. The number of rotatable bonds is 4. The fourth-order valence-electron chi connectivity index (χ4n) is 4.27. The maximum Gasteiger partial charge on any atom is 0.253 e. The Bertz CT molecular complexity index is 824. The molecule has 4 rings (SSSR count). The predicted octanol–water partition coefficient (Wildman–Crippen LogP) is 3.06. The Hall–Kier alpha value is -1.92. The second-order valence-electron chi connectivity index (χ2n) is 7.86. The summed E-state index contributed by atoms with van der Waals surface area (Å²) in [6, 6.07) is 18.2. The molecular weight excluding hydrogens is 386 g/mol. The minimum Gasteiger partial charge on any atom is -0.365 e. The summed E-state index contributed by atoms with van der Waals surface area (Å²) >= 11 is 6.10. The van der Waals surface area contributed by atoms with Crippen LogP contribution in [0.25, 0.3) is 0 Å². The molecule has 29 heavy (non-hydrogen) atoms. The molecule has 0 aliphatic carbocycles. The second kappa shape index (κ2) is 9.26. The first kappa shape index (κ1) is 20.4. The summed E-state index contributed by atoms with van der Waals surface area (Å²) in [7, 11) is 2.07. The highest BCUT2D eigenvalue weighted by atomic mass is 35.5. The molecule has 2 atom stereocenters. The third kappa shape index (κ3) is 4.81. The van der Waals surface area contributed by atoms with Gasteiger partial charge in [-0.1, -0.05) is 54.1 Å². The molecule has 0 unspecified atom stereocenters. The molecule has 2 aromatic rings. The van der Waals surface area contributed by atoms with Crippen LogP contribution in [-0.2, 0) is 16.1 Å². The van der Waals surface area contributed by atoms with Gasteiger partial charge in [0.1, 0.15) is 0 Å². The van der Waals surface area contributed by atoms with E-state index in [0.717, 1.165) is 49.9 Å². The Balaban J connectivity index is 1.39. The van der Waals surface area contributed by atoms with Crippen LogP contribution < -0.4 is 0 Å². The Kier molecular flexibility index (Phi) is 6.50. The van der Waals surface area contributed by atoms with E-state index in [1.807, 2.05) is 41.3 Å². The molecule has 0 saturated carbocycles. The highest BCUT2D eigenvalue weighted by molar-refractivity contribution is 6.30. The van der Waals surface area contributed by atoms with Gasteiger partial charge in [0.2, 0.25) is 0 Å². The highest BCUT2D eigenvalue weighted by Gasteiger charge is 2.39. The van der Waals surface area contributed by atoms with Crippen LogP contribution in [-0.4, -0.2) is 73.1 Å². The molecule has 2 aromatic carbocycles. The summed E-state index contributed by atoms with van der Waals surface area (Å²) in [6.07, 6.45) is -0.448. The molecule has 1 amide bonds. The van der Waals surface area contributed by atoms with Crippen LogP contribution >= 0.6 is 11.6 Å². The number of benzene rings is 2. The molecule has 5 nitrogen and oxygen atoms in total. The summed E-state index contributed by atoms with van der Waals surface area (Å²) in [6.45, 7) is 5.45. The van der Waals surface area contributed by atoms with Crippen molar-refractivity contribution in [3.8, 4) is 0 Å². The van der Waals surface area contributed by atoms with E-state index in [9.17, 15) is 4.79 Å².